The van der Waals surface area contributed by atoms with Crippen molar-refractivity contribution in [3.05, 3.63) is 59.9 Å². The minimum absolute atomic E-state index is 0.0204. The zero-order valence-electron chi connectivity index (χ0n) is 21.4. The van der Waals surface area contributed by atoms with Gasteiger partial charge in [-0.25, -0.2) is 9.50 Å². The molecular weight excluding hydrogens is 480 g/mol. The quantitative estimate of drug-likeness (QED) is 0.375. The van der Waals surface area contributed by atoms with Crippen LogP contribution in [0.25, 0.3) is 16.4 Å². The van der Waals surface area contributed by atoms with E-state index in [4.69, 9.17) is 9.72 Å². The molecule has 0 spiro atoms. The summed E-state index contributed by atoms with van der Waals surface area (Å²) < 4.78 is 7.71. The molecule has 194 valence electrons. The summed E-state index contributed by atoms with van der Waals surface area (Å²) in [5, 5.41) is 19.1. The Labute approximate surface area is 220 Å². The van der Waals surface area contributed by atoms with Crippen molar-refractivity contribution in [2.45, 2.75) is 31.3 Å². The van der Waals surface area contributed by atoms with E-state index in [1.165, 1.54) is 0 Å². The SMILES string of the molecule is CN1CCC[C@H]1COc1nc(N2CCN[C@@H](CC#N)C2)c2ncc(C(=O)c3cccc4ccccc34)n2n1. The van der Waals surface area contributed by atoms with Gasteiger partial charge in [0.15, 0.2) is 11.5 Å². The van der Waals surface area contributed by atoms with E-state index in [0.717, 1.165) is 30.2 Å². The highest BCUT2D eigenvalue weighted by atomic mass is 16.5. The number of ketones is 1. The molecule has 2 saturated heterocycles. The van der Waals surface area contributed by atoms with Crippen LogP contribution in [0.15, 0.2) is 48.7 Å². The molecule has 0 saturated carbocycles. The van der Waals surface area contributed by atoms with Gasteiger partial charge in [0.05, 0.1) is 18.7 Å². The van der Waals surface area contributed by atoms with Gasteiger partial charge in [-0.2, -0.15) is 10.2 Å². The molecule has 2 aromatic heterocycles. The third kappa shape index (κ3) is 4.55. The fourth-order valence-corrected chi connectivity index (χ4v) is 5.46. The van der Waals surface area contributed by atoms with Crippen molar-refractivity contribution in [1.29, 1.82) is 5.26 Å². The first-order valence-corrected chi connectivity index (χ1v) is 13.1. The molecule has 2 atom stereocenters. The van der Waals surface area contributed by atoms with Crippen LogP contribution in [0, 0.1) is 11.3 Å². The second-order valence-electron chi connectivity index (χ2n) is 10.00. The number of imidazole rings is 1. The van der Waals surface area contributed by atoms with Crippen LogP contribution >= 0.6 is 0 Å². The lowest BCUT2D eigenvalue weighted by atomic mass is 10.0. The Kier molecular flexibility index (Phi) is 6.62. The Bertz CT molecular complexity index is 1520. The number of likely N-dealkylation sites (tertiary alicyclic amines) is 1. The lowest BCUT2D eigenvalue weighted by Crippen LogP contribution is -2.51. The summed E-state index contributed by atoms with van der Waals surface area (Å²) in [7, 11) is 2.10. The number of fused-ring (bicyclic) bond motifs is 2. The molecule has 2 fully saturated rings. The van der Waals surface area contributed by atoms with E-state index in [1.807, 2.05) is 42.5 Å². The molecule has 10 heteroatoms. The maximum absolute atomic E-state index is 13.9. The maximum atomic E-state index is 13.9. The first-order valence-electron chi connectivity index (χ1n) is 13.1. The van der Waals surface area contributed by atoms with Crippen molar-refractivity contribution in [2.75, 3.05) is 44.7 Å². The number of anilines is 1. The Morgan fingerprint density at radius 3 is 2.92 bits per heavy atom. The maximum Gasteiger partial charge on any atom is 0.336 e. The smallest absolute Gasteiger partial charge is 0.336 e. The highest BCUT2D eigenvalue weighted by molar-refractivity contribution is 6.15. The van der Waals surface area contributed by atoms with Gasteiger partial charge < -0.3 is 19.9 Å². The summed E-state index contributed by atoms with van der Waals surface area (Å²) in [4.78, 5) is 27.6. The van der Waals surface area contributed by atoms with E-state index in [-0.39, 0.29) is 17.8 Å². The molecule has 0 amide bonds. The molecule has 38 heavy (non-hydrogen) atoms. The normalized spacial score (nSPS) is 20.2. The fraction of sp³-hybridized carbons (Fsp3) is 0.393. The van der Waals surface area contributed by atoms with Crippen molar-refractivity contribution in [1.82, 2.24) is 29.8 Å². The van der Waals surface area contributed by atoms with Crippen molar-refractivity contribution >= 4 is 28.0 Å². The van der Waals surface area contributed by atoms with E-state index < -0.39 is 0 Å². The Hall–Kier alpha value is -4.07. The molecule has 10 nitrogen and oxygen atoms in total. The van der Waals surface area contributed by atoms with Gasteiger partial charge in [0.1, 0.15) is 12.3 Å². The van der Waals surface area contributed by atoms with E-state index in [2.05, 4.69) is 38.3 Å². The van der Waals surface area contributed by atoms with Crippen LogP contribution in [-0.2, 0) is 0 Å². The van der Waals surface area contributed by atoms with Crippen LogP contribution in [0.1, 0.15) is 35.3 Å². The monoisotopic (exact) mass is 510 g/mol. The van der Waals surface area contributed by atoms with E-state index >= 15 is 0 Å². The highest BCUT2D eigenvalue weighted by Gasteiger charge is 2.28. The van der Waals surface area contributed by atoms with Gasteiger partial charge in [-0.3, -0.25) is 4.79 Å². The number of nitrogens with one attached hydrogen (secondary N) is 1. The summed E-state index contributed by atoms with van der Waals surface area (Å²) >= 11 is 0. The number of likely N-dealkylation sites (N-methyl/N-ethyl adjacent to an activating group) is 1. The molecule has 1 N–H and O–H groups in total. The van der Waals surface area contributed by atoms with E-state index in [0.29, 0.717) is 61.4 Å². The molecule has 2 aliphatic rings. The van der Waals surface area contributed by atoms with E-state index in [9.17, 15) is 10.1 Å². The van der Waals surface area contributed by atoms with Crippen molar-refractivity contribution < 1.29 is 9.53 Å². The van der Waals surface area contributed by atoms with Gasteiger partial charge in [0.2, 0.25) is 5.78 Å². The number of piperazine rings is 1. The number of ether oxygens (including phenoxy) is 1. The third-order valence-electron chi connectivity index (χ3n) is 7.56. The summed E-state index contributed by atoms with van der Waals surface area (Å²) in [6.07, 6.45) is 4.17. The van der Waals surface area contributed by atoms with Crippen molar-refractivity contribution in [2.24, 2.45) is 0 Å². The standard InChI is InChI=1S/C28H30N8O2/c1-34-14-5-8-21(34)18-38-28-32-27(35-15-13-30-20(17-35)11-12-29)26-31-16-24(36(26)33-28)25(37)23-10-4-7-19-6-2-3-9-22(19)23/h2-4,6-7,9-10,16,20-21,30H,5,8,11,13-15,17-18H2,1H3/t20-,21-/m0/s1. The number of hydrogen-bond donors (Lipinski definition) is 1. The lowest BCUT2D eigenvalue weighted by molar-refractivity contribution is 0.103. The lowest BCUT2D eigenvalue weighted by Gasteiger charge is -2.33. The first-order chi connectivity index (χ1) is 18.6. The molecule has 0 bridgehead atoms. The van der Waals surface area contributed by atoms with Gasteiger partial charge in [-0.15, -0.1) is 5.10 Å². The van der Waals surface area contributed by atoms with Crippen LogP contribution in [0.3, 0.4) is 0 Å². The van der Waals surface area contributed by atoms with Crippen LogP contribution in [0.5, 0.6) is 6.01 Å². The van der Waals surface area contributed by atoms with Gasteiger partial charge in [-0.05, 0) is 37.2 Å². The number of carbonyl (C=O) groups is 1. The Morgan fingerprint density at radius 1 is 1.21 bits per heavy atom. The van der Waals surface area contributed by atoms with Crippen molar-refractivity contribution in [3.8, 4) is 12.1 Å². The second-order valence-corrected chi connectivity index (χ2v) is 10.00. The molecule has 2 aliphatic heterocycles. The number of nitriles is 1. The number of carbonyl (C=O) groups excluding carboxylic acids is 1. The molecular formula is C28H30N8O2. The predicted molar refractivity (Wildman–Crippen MR) is 144 cm³/mol. The molecule has 0 radical (unpaired) electrons. The number of hydrogen-bond acceptors (Lipinski definition) is 9. The Balaban J connectivity index is 1.41. The predicted octanol–water partition coefficient (Wildman–Crippen LogP) is 2.67. The Morgan fingerprint density at radius 2 is 2.08 bits per heavy atom. The van der Waals surface area contributed by atoms with Gasteiger partial charge in [0, 0.05) is 37.3 Å². The minimum atomic E-state index is -0.164. The fourth-order valence-electron chi connectivity index (χ4n) is 5.46. The molecule has 2 aromatic carbocycles. The van der Waals surface area contributed by atoms with Crippen LogP contribution in [0.2, 0.25) is 0 Å². The number of aromatic nitrogens is 4. The number of rotatable bonds is 7. The van der Waals surface area contributed by atoms with Gasteiger partial charge >= 0.3 is 6.01 Å². The summed E-state index contributed by atoms with van der Waals surface area (Å²) in [5.41, 5.74) is 1.44. The third-order valence-corrected chi connectivity index (χ3v) is 7.56. The molecule has 4 heterocycles. The van der Waals surface area contributed by atoms with Crippen molar-refractivity contribution in [3.63, 3.8) is 0 Å². The zero-order chi connectivity index (χ0) is 26.1. The molecule has 0 aliphatic carbocycles. The molecule has 4 aromatic rings. The topological polar surface area (TPSA) is 112 Å². The van der Waals surface area contributed by atoms with E-state index in [1.54, 1.807) is 10.7 Å². The highest BCUT2D eigenvalue weighted by Crippen LogP contribution is 2.26. The summed E-state index contributed by atoms with van der Waals surface area (Å²) in [6, 6.07) is 16.4. The number of benzene rings is 2. The van der Waals surface area contributed by atoms with Gasteiger partial charge in [-0.1, -0.05) is 42.5 Å². The average molecular weight is 511 g/mol. The first kappa shape index (κ1) is 24.3. The number of nitrogens with zero attached hydrogens (tertiary/aromatic N) is 7. The summed E-state index contributed by atoms with van der Waals surface area (Å²) in [5.74, 6) is 0.444. The van der Waals surface area contributed by atoms with Gasteiger partial charge in [0.25, 0.3) is 0 Å². The van der Waals surface area contributed by atoms with Crippen LogP contribution in [0.4, 0.5) is 5.82 Å². The average Bonchev–Trinajstić information content (AvgIpc) is 3.57. The molecule has 6 rings (SSSR count). The second kappa shape index (κ2) is 10.4. The largest absolute Gasteiger partial charge is 0.461 e. The minimum Gasteiger partial charge on any atom is -0.461 e. The molecule has 0 unspecified atom stereocenters. The summed E-state index contributed by atoms with van der Waals surface area (Å²) in [6.45, 7) is 3.53. The zero-order valence-corrected chi connectivity index (χ0v) is 21.4. The van der Waals surface area contributed by atoms with Crippen LogP contribution in [-0.4, -0.2) is 82.2 Å². The van der Waals surface area contributed by atoms with Crippen LogP contribution < -0.4 is 15.0 Å².